The molecule has 26 heavy (non-hydrogen) atoms. The van der Waals surface area contributed by atoms with Gasteiger partial charge in [-0.25, -0.2) is 0 Å². The average molecular weight is 392 g/mol. The number of rotatable bonds is 5. The molecule has 138 valence electrons. The van der Waals surface area contributed by atoms with Gasteiger partial charge in [0.1, 0.15) is 0 Å². The van der Waals surface area contributed by atoms with Gasteiger partial charge < -0.3 is 15.1 Å². The fourth-order valence-electron chi connectivity index (χ4n) is 3.05. The van der Waals surface area contributed by atoms with Crippen LogP contribution in [0.5, 0.6) is 0 Å². The fraction of sp³-hybridized carbons (Fsp3) is 0.350. The Morgan fingerprint density at radius 2 is 1.62 bits per heavy atom. The Kier molecular flexibility index (Phi) is 6.41. The van der Waals surface area contributed by atoms with Gasteiger partial charge in [0, 0.05) is 54.0 Å². The fourth-order valence-corrected chi connectivity index (χ4v) is 3.64. The first-order chi connectivity index (χ1) is 12.5. The first-order valence-electron chi connectivity index (χ1n) is 8.79. The highest BCUT2D eigenvalue weighted by Gasteiger charge is 2.14. The van der Waals surface area contributed by atoms with E-state index >= 15 is 0 Å². The van der Waals surface area contributed by atoms with Crippen LogP contribution in [0.2, 0.25) is 10.0 Å². The van der Waals surface area contributed by atoms with E-state index in [1.807, 2.05) is 12.1 Å². The second kappa shape index (κ2) is 8.76. The molecular weight excluding hydrogens is 369 g/mol. The van der Waals surface area contributed by atoms with Gasteiger partial charge in [-0.05, 0) is 55.4 Å². The number of anilines is 2. The third kappa shape index (κ3) is 4.91. The summed E-state index contributed by atoms with van der Waals surface area (Å²) in [4.78, 5) is 16.9. The standard InChI is InChI=1S/C20H23Cl2N3O/c1-24-11-13-25(14-12-24)16-7-5-15(6-8-16)23-20(26)10-9-17-18(21)3-2-4-19(17)22/h2-8H,9-14H2,1H3,(H,23,26). The van der Waals surface area contributed by atoms with Crippen LogP contribution in [0.25, 0.3) is 0 Å². The van der Waals surface area contributed by atoms with Gasteiger partial charge in [-0.1, -0.05) is 29.3 Å². The van der Waals surface area contributed by atoms with Crippen molar-refractivity contribution in [3.8, 4) is 0 Å². The molecular formula is C20H23Cl2N3O. The van der Waals surface area contributed by atoms with Crippen molar-refractivity contribution in [2.45, 2.75) is 12.8 Å². The summed E-state index contributed by atoms with van der Waals surface area (Å²) >= 11 is 12.3. The van der Waals surface area contributed by atoms with Crippen LogP contribution < -0.4 is 10.2 Å². The SMILES string of the molecule is CN1CCN(c2ccc(NC(=O)CCc3c(Cl)cccc3Cl)cc2)CC1. The lowest BCUT2D eigenvalue weighted by Gasteiger charge is -2.34. The quantitative estimate of drug-likeness (QED) is 0.824. The minimum Gasteiger partial charge on any atom is -0.369 e. The topological polar surface area (TPSA) is 35.6 Å². The number of hydrogen-bond acceptors (Lipinski definition) is 3. The molecule has 1 amide bonds. The van der Waals surface area contributed by atoms with Gasteiger partial charge in [0.25, 0.3) is 0 Å². The summed E-state index contributed by atoms with van der Waals surface area (Å²) in [6.07, 6.45) is 0.855. The van der Waals surface area contributed by atoms with Crippen LogP contribution in [-0.4, -0.2) is 44.0 Å². The van der Waals surface area contributed by atoms with Crippen molar-refractivity contribution in [2.75, 3.05) is 43.4 Å². The molecule has 0 atom stereocenters. The molecule has 1 N–H and O–H groups in total. The van der Waals surface area contributed by atoms with Gasteiger partial charge in [-0.3, -0.25) is 4.79 Å². The molecule has 0 unspecified atom stereocenters. The highest BCUT2D eigenvalue weighted by molar-refractivity contribution is 6.36. The Hall–Kier alpha value is -1.75. The molecule has 1 aliphatic heterocycles. The first-order valence-corrected chi connectivity index (χ1v) is 9.55. The Bertz CT molecular complexity index is 736. The van der Waals surface area contributed by atoms with E-state index in [0.29, 0.717) is 22.9 Å². The van der Waals surface area contributed by atoms with E-state index in [-0.39, 0.29) is 5.91 Å². The zero-order chi connectivity index (χ0) is 18.5. The Morgan fingerprint density at radius 3 is 2.23 bits per heavy atom. The average Bonchev–Trinajstić information content (AvgIpc) is 2.63. The molecule has 2 aromatic carbocycles. The molecule has 0 bridgehead atoms. The number of hydrogen-bond donors (Lipinski definition) is 1. The third-order valence-electron chi connectivity index (χ3n) is 4.68. The van der Waals surface area contributed by atoms with E-state index in [0.717, 1.165) is 37.4 Å². The van der Waals surface area contributed by atoms with E-state index in [1.54, 1.807) is 18.2 Å². The van der Waals surface area contributed by atoms with Crippen LogP contribution in [-0.2, 0) is 11.2 Å². The van der Waals surface area contributed by atoms with E-state index < -0.39 is 0 Å². The molecule has 0 saturated carbocycles. The van der Waals surface area contributed by atoms with Gasteiger partial charge in [-0.2, -0.15) is 0 Å². The number of nitrogens with zero attached hydrogens (tertiary/aromatic N) is 2. The molecule has 0 aromatic heterocycles. The molecule has 3 rings (SSSR count). The van der Waals surface area contributed by atoms with Crippen LogP contribution in [0, 0.1) is 0 Å². The minimum absolute atomic E-state index is 0.0478. The molecule has 4 nitrogen and oxygen atoms in total. The van der Waals surface area contributed by atoms with Gasteiger partial charge in [0.15, 0.2) is 0 Å². The number of likely N-dealkylation sites (N-methyl/N-ethyl adjacent to an activating group) is 1. The minimum atomic E-state index is -0.0478. The zero-order valence-corrected chi connectivity index (χ0v) is 16.4. The Balaban J connectivity index is 1.53. The maximum absolute atomic E-state index is 12.2. The predicted molar refractivity (Wildman–Crippen MR) is 110 cm³/mol. The second-order valence-corrected chi connectivity index (χ2v) is 7.40. The number of carbonyl (C=O) groups excluding carboxylic acids is 1. The lowest BCUT2D eigenvalue weighted by Crippen LogP contribution is -2.44. The van der Waals surface area contributed by atoms with Gasteiger partial charge in [0.2, 0.25) is 5.91 Å². The zero-order valence-electron chi connectivity index (χ0n) is 14.8. The molecule has 1 saturated heterocycles. The molecule has 6 heteroatoms. The van der Waals surface area contributed by atoms with Crippen molar-refractivity contribution in [2.24, 2.45) is 0 Å². The van der Waals surface area contributed by atoms with E-state index in [9.17, 15) is 4.79 Å². The van der Waals surface area contributed by atoms with Crippen molar-refractivity contribution in [3.63, 3.8) is 0 Å². The first kappa shape index (κ1) is 19.0. The molecule has 1 aliphatic rings. The van der Waals surface area contributed by atoms with Crippen molar-refractivity contribution >= 4 is 40.5 Å². The molecule has 1 fully saturated rings. The summed E-state index contributed by atoms with van der Waals surface area (Å²) < 4.78 is 0. The molecule has 2 aromatic rings. The number of piperazine rings is 1. The van der Waals surface area contributed by atoms with E-state index in [4.69, 9.17) is 23.2 Å². The monoisotopic (exact) mass is 391 g/mol. The van der Waals surface area contributed by atoms with E-state index in [1.165, 1.54) is 5.69 Å². The maximum atomic E-state index is 12.2. The summed E-state index contributed by atoms with van der Waals surface area (Å²) in [5.74, 6) is -0.0478. The smallest absolute Gasteiger partial charge is 0.224 e. The van der Waals surface area contributed by atoms with Crippen LogP contribution in [0.1, 0.15) is 12.0 Å². The van der Waals surface area contributed by atoms with Crippen LogP contribution in [0.4, 0.5) is 11.4 Å². The van der Waals surface area contributed by atoms with Crippen molar-refractivity contribution in [1.82, 2.24) is 4.90 Å². The molecule has 1 heterocycles. The Labute approximate surface area is 164 Å². The second-order valence-electron chi connectivity index (χ2n) is 6.59. The largest absolute Gasteiger partial charge is 0.369 e. The normalized spacial score (nSPS) is 15.1. The third-order valence-corrected chi connectivity index (χ3v) is 5.39. The predicted octanol–water partition coefficient (Wildman–Crippen LogP) is 4.32. The lowest BCUT2D eigenvalue weighted by atomic mass is 10.1. The highest BCUT2D eigenvalue weighted by Crippen LogP contribution is 2.26. The molecule has 0 spiro atoms. The number of carbonyl (C=O) groups is 1. The summed E-state index contributed by atoms with van der Waals surface area (Å²) in [6, 6.07) is 13.4. The maximum Gasteiger partial charge on any atom is 0.224 e. The van der Waals surface area contributed by atoms with Crippen molar-refractivity contribution in [1.29, 1.82) is 0 Å². The van der Waals surface area contributed by atoms with Crippen LogP contribution in [0.15, 0.2) is 42.5 Å². The number of amides is 1. The van der Waals surface area contributed by atoms with Gasteiger partial charge in [0.05, 0.1) is 0 Å². The van der Waals surface area contributed by atoms with Crippen molar-refractivity contribution < 1.29 is 4.79 Å². The summed E-state index contributed by atoms with van der Waals surface area (Å²) in [6.45, 7) is 4.20. The van der Waals surface area contributed by atoms with Gasteiger partial charge >= 0.3 is 0 Å². The number of benzene rings is 2. The summed E-state index contributed by atoms with van der Waals surface area (Å²) in [5, 5.41) is 4.13. The number of nitrogens with one attached hydrogen (secondary N) is 1. The number of halogens is 2. The summed E-state index contributed by atoms with van der Waals surface area (Å²) in [5.41, 5.74) is 2.81. The van der Waals surface area contributed by atoms with Crippen LogP contribution in [0.3, 0.4) is 0 Å². The van der Waals surface area contributed by atoms with E-state index in [2.05, 4.69) is 34.3 Å². The summed E-state index contributed by atoms with van der Waals surface area (Å²) in [7, 11) is 2.14. The lowest BCUT2D eigenvalue weighted by molar-refractivity contribution is -0.116. The highest BCUT2D eigenvalue weighted by atomic mass is 35.5. The van der Waals surface area contributed by atoms with Crippen molar-refractivity contribution in [3.05, 3.63) is 58.1 Å². The molecule has 0 aliphatic carbocycles. The van der Waals surface area contributed by atoms with Crippen LogP contribution >= 0.6 is 23.2 Å². The Morgan fingerprint density at radius 1 is 1.00 bits per heavy atom. The molecule has 0 radical (unpaired) electrons. The van der Waals surface area contributed by atoms with Gasteiger partial charge in [-0.15, -0.1) is 0 Å².